The Balaban J connectivity index is 1.60. The molecule has 1 N–H and O–H groups in total. The minimum Gasteiger partial charge on any atom is -0.335 e. The molecule has 3 rings (SSSR count). The van der Waals surface area contributed by atoms with Crippen molar-refractivity contribution in [3.8, 4) is 0 Å². The van der Waals surface area contributed by atoms with Crippen LogP contribution >= 0.6 is 11.3 Å². The average Bonchev–Trinajstić information content (AvgIpc) is 2.94. The number of carbonyl (C=O) groups excluding carboxylic acids is 1. The Morgan fingerprint density at radius 3 is 2.46 bits per heavy atom. The molecule has 26 heavy (non-hydrogen) atoms. The highest BCUT2D eigenvalue weighted by molar-refractivity contribution is 7.92. The first-order chi connectivity index (χ1) is 12.3. The van der Waals surface area contributed by atoms with E-state index in [1.165, 1.54) is 5.56 Å². The number of hydrogen-bond donors (Lipinski definition) is 1. The summed E-state index contributed by atoms with van der Waals surface area (Å²) in [5, 5.41) is 0.232. The predicted molar refractivity (Wildman–Crippen MR) is 103 cm³/mol. The van der Waals surface area contributed by atoms with Crippen LogP contribution in [0.1, 0.15) is 20.9 Å². The molecule has 1 fully saturated rings. The van der Waals surface area contributed by atoms with Crippen molar-refractivity contribution in [1.82, 2.24) is 14.8 Å². The van der Waals surface area contributed by atoms with Crippen LogP contribution in [0.15, 0.2) is 30.3 Å². The fraction of sp³-hybridized carbons (Fsp3) is 0.412. The van der Waals surface area contributed by atoms with Crippen molar-refractivity contribution in [3.63, 3.8) is 0 Å². The van der Waals surface area contributed by atoms with Crippen LogP contribution in [0.25, 0.3) is 0 Å². The molecule has 1 saturated heterocycles. The summed E-state index contributed by atoms with van der Waals surface area (Å²) in [6.45, 7) is 5.53. The van der Waals surface area contributed by atoms with Gasteiger partial charge in [-0.25, -0.2) is 13.4 Å². The van der Waals surface area contributed by atoms with Gasteiger partial charge in [0.2, 0.25) is 10.0 Å². The highest BCUT2D eigenvalue weighted by atomic mass is 32.2. The average molecular weight is 395 g/mol. The summed E-state index contributed by atoms with van der Waals surface area (Å²) in [6, 6.07) is 10.3. The number of hydrogen-bond acceptors (Lipinski definition) is 6. The molecule has 9 heteroatoms. The Kier molecular flexibility index (Phi) is 5.59. The number of sulfonamides is 1. The molecular weight excluding hydrogens is 372 g/mol. The topological polar surface area (TPSA) is 82.6 Å². The second-order valence-corrected chi connectivity index (χ2v) is 9.11. The second-order valence-electron chi connectivity index (χ2n) is 6.36. The smallest absolute Gasteiger partial charge is 0.266 e. The minimum atomic E-state index is -3.40. The molecule has 1 amide bonds. The molecule has 1 aromatic carbocycles. The van der Waals surface area contributed by atoms with Gasteiger partial charge in [0, 0.05) is 32.7 Å². The fourth-order valence-electron chi connectivity index (χ4n) is 2.89. The number of benzene rings is 1. The molecule has 0 unspecified atom stereocenters. The van der Waals surface area contributed by atoms with Crippen molar-refractivity contribution >= 4 is 32.4 Å². The van der Waals surface area contributed by atoms with E-state index in [4.69, 9.17) is 0 Å². The molecule has 2 aromatic rings. The third kappa shape index (κ3) is 4.80. The number of carbonyl (C=O) groups is 1. The zero-order valence-electron chi connectivity index (χ0n) is 14.8. The van der Waals surface area contributed by atoms with Crippen molar-refractivity contribution in [1.29, 1.82) is 0 Å². The fourth-order valence-corrected chi connectivity index (χ4v) is 4.66. The molecule has 0 saturated carbocycles. The maximum Gasteiger partial charge on any atom is 0.266 e. The summed E-state index contributed by atoms with van der Waals surface area (Å²) >= 11 is 1.09. The van der Waals surface area contributed by atoms with Crippen LogP contribution in [0, 0.1) is 6.92 Å². The van der Waals surface area contributed by atoms with Crippen molar-refractivity contribution in [2.24, 2.45) is 0 Å². The zero-order valence-corrected chi connectivity index (χ0v) is 16.4. The lowest BCUT2D eigenvalue weighted by atomic mass is 10.2. The lowest BCUT2D eigenvalue weighted by Gasteiger charge is -2.34. The van der Waals surface area contributed by atoms with E-state index in [1.807, 2.05) is 23.1 Å². The Hall–Kier alpha value is -1.97. The Bertz CT molecular complexity index is 873. The molecule has 1 aromatic heterocycles. The Morgan fingerprint density at radius 1 is 1.19 bits per heavy atom. The number of nitrogens with zero attached hydrogens (tertiary/aromatic N) is 3. The first-order valence-electron chi connectivity index (χ1n) is 8.32. The number of anilines is 1. The van der Waals surface area contributed by atoms with Crippen LogP contribution in [-0.4, -0.2) is 61.5 Å². The van der Waals surface area contributed by atoms with Crippen LogP contribution < -0.4 is 4.72 Å². The van der Waals surface area contributed by atoms with E-state index < -0.39 is 10.0 Å². The number of thiazole rings is 1. The molecule has 7 nitrogen and oxygen atoms in total. The summed E-state index contributed by atoms with van der Waals surface area (Å²) in [4.78, 5) is 21.6. The largest absolute Gasteiger partial charge is 0.335 e. The van der Waals surface area contributed by atoms with Crippen molar-refractivity contribution in [3.05, 3.63) is 46.5 Å². The molecule has 0 atom stereocenters. The number of rotatable bonds is 5. The van der Waals surface area contributed by atoms with Gasteiger partial charge in [-0.05, 0) is 12.5 Å². The molecule has 2 heterocycles. The van der Waals surface area contributed by atoms with E-state index in [2.05, 4.69) is 26.7 Å². The molecule has 1 aliphatic rings. The van der Waals surface area contributed by atoms with Crippen LogP contribution in [0.5, 0.6) is 0 Å². The lowest BCUT2D eigenvalue weighted by Crippen LogP contribution is -2.48. The maximum atomic E-state index is 12.8. The van der Waals surface area contributed by atoms with Gasteiger partial charge in [0.05, 0.1) is 11.9 Å². The van der Waals surface area contributed by atoms with Crippen LogP contribution in [0.3, 0.4) is 0 Å². The molecule has 0 radical (unpaired) electrons. The highest BCUT2D eigenvalue weighted by Crippen LogP contribution is 2.25. The minimum absolute atomic E-state index is 0.0825. The first kappa shape index (κ1) is 18.8. The molecule has 0 aliphatic carbocycles. The standard InChI is InChI=1S/C17H22N4O3S2/c1-13-15(25-17(18-13)19-26(2,23)24)16(22)21-10-8-20(9-11-21)12-14-6-4-3-5-7-14/h3-7H,8-12H2,1-2H3,(H,18,19). The summed E-state index contributed by atoms with van der Waals surface area (Å²) in [5.74, 6) is -0.0825. The third-order valence-corrected chi connectivity index (χ3v) is 5.93. The first-order valence-corrected chi connectivity index (χ1v) is 11.0. The number of nitrogens with one attached hydrogen (secondary N) is 1. The summed E-state index contributed by atoms with van der Waals surface area (Å²) in [6.07, 6.45) is 1.07. The maximum absolute atomic E-state index is 12.8. The van der Waals surface area contributed by atoms with Gasteiger partial charge in [-0.15, -0.1) is 0 Å². The summed E-state index contributed by atoms with van der Waals surface area (Å²) in [7, 11) is -3.40. The molecule has 140 valence electrons. The SMILES string of the molecule is Cc1nc(NS(C)(=O)=O)sc1C(=O)N1CCN(Cc2ccccc2)CC1. The van der Waals surface area contributed by atoms with Crippen molar-refractivity contribution < 1.29 is 13.2 Å². The third-order valence-electron chi connectivity index (χ3n) is 4.17. The molecule has 0 bridgehead atoms. The molecule has 1 aliphatic heterocycles. The van der Waals surface area contributed by atoms with Gasteiger partial charge in [-0.2, -0.15) is 0 Å². The lowest BCUT2D eigenvalue weighted by molar-refractivity contribution is 0.0632. The quantitative estimate of drug-likeness (QED) is 0.836. The van der Waals surface area contributed by atoms with Gasteiger partial charge in [0.25, 0.3) is 5.91 Å². The van der Waals surface area contributed by atoms with E-state index in [9.17, 15) is 13.2 Å². The second kappa shape index (κ2) is 7.73. The number of aryl methyl sites for hydroxylation is 1. The number of piperazine rings is 1. The van der Waals surface area contributed by atoms with Crippen molar-refractivity contribution in [2.75, 3.05) is 37.2 Å². The van der Waals surface area contributed by atoms with Gasteiger partial charge in [-0.3, -0.25) is 14.4 Å². The predicted octanol–water partition coefficient (Wildman–Crippen LogP) is 1.78. The van der Waals surface area contributed by atoms with Crippen LogP contribution in [0.4, 0.5) is 5.13 Å². The van der Waals surface area contributed by atoms with E-state index in [-0.39, 0.29) is 11.0 Å². The van der Waals surface area contributed by atoms with Gasteiger partial charge < -0.3 is 4.90 Å². The number of amides is 1. The zero-order chi connectivity index (χ0) is 18.7. The van der Waals surface area contributed by atoms with Crippen LogP contribution in [0.2, 0.25) is 0 Å². The summed E-state index contributed by atoms with van der Waals surface area (Å²) < 4.78 is 25.0. The summed E-state index contributed by atoms with van der Waals surface area (Å²) in [5.41, 5.74) is 1.82. The monoisotopic (exact) mass is 394 g/mol. The normalized spacial score (nSPS) is 15.8. The van der Waals surface area contributed by atoms with E-state index >= 15 is 0 Å². The van der Waals surface area contributed by atoms with Crippen molar-refractivity contribution in [2.45, 2.75) is 13.5 Å². The van der Waals surface area contributed by atoms with Gasteiger partial charge in [0.1, 0.15) is 4.88 Å². The van der Waals surface area contributed by atoms with Gasteiger partial charge in [-0.1, -0.05) is 41.7 Å². The molecular formula is C17H22N4O3S2. The molecule has 0 spiro atoms. The number of aromatic nitrogens is 1. The Morgan fingerprint density at radius 2 is 1.85 bits per heavy atom. The Labute approximate surface area is 157 Å². The highest BCUT2D eigenvalue weighted by Gasteiger charge is 2.25. The van der Waals surface area contributed by atoms with Crippen LogP contribution in [-0.2, 0) is 16.6 Å². The van der Waals surface area contributed by atoms with E-state index in [0.717, 1.165) is 37.2 Å². The van der Waals surface area contributed by atoms with Gasteiger partial charge >= 0.3 is 0 Å². The van der Waals surface area contributed by atoms with Gasteiger partial charge in [0.15, 0.2) is 5.13 Å². The van der Waals surface area contributed by atoms with E-state index in [1.54, 1.807) is 6.92 Å². The van der Waals surface area contributed by atoms with E-state index in [0.29, 0.717) is 23.7 Å².